The van der Waals surface area contributed by atoms with Crippen LogP contribution in [-0.4, -0.2) is 33.4 Å². The zero-order valence-corrected chi connectivity index (χ0v) is 18.6. The maximum Gasteiger partial charge on any atom is 0.262 e. The van der Waals surface area contributed by atoms with Crippen molar-refractivity contribution in [3.63, 3.8) is 0 Å². The average Bonchev–Trinajstić information content (AvgIpc) is 3.30. The number of thioether (sulfide) groups is 1. The third kappa shape index (κ3) is 4.99. The van der Waals surface area contributed by atoms with Crippen LogP contribution in [0.5, 0.6) is 0 Å². The van der Waals surface area contributed by atoms with Gasteiger partial charge in [-0.3, -0.25) is 14.2 Å². The molecule has 1 saturated heterocycles. The van der Waals surface area contributed by atoms with E-state index in [1.807, 2.05) is 62.4 Å². The average molecular weight is 438 g/mol. The molecule has 1 aliphatic rings. The minimum atomic E-state index is -0.407. The molecule has 7 heteroatoms. The Bertz CT molecular complexity index is 1110. The van der Waals surface area contributed by atoms with Crippen LogP contribution in [0.3, 0.4) is 0 Å². The highest BCUT2D eigenvalue weighted by Crippen LogP contribution is 2.25. The van der Waals surface area contributed by atoms with E-state index in [4.69, 9.17) is 9.72 Å². The topological polar surface area (TPSA) is 73.2 Å². The largest absolute Gasteiger partial charge is 0.376 e. The third-order valence-electron chi connectivity index (χ3n) is 5.55. The second kappa shape index (κ2) is 9.66. The van der Waals surface area contributed by atoms with Crippen molar-refractivity contribution in [1.29, 1.82) is 0 Å². The van der Waals surface area contributed by atoms with Gasteiger partial charge in [-0.25, -0.2) is 4.98 Å². The highest BCUT2D eigenvalue weighted by molar-refractivity contribution is 8.00. The second-order valence-corrected chi connectivity index (χ2v) is 9.17. The van der Waals surface area contributed by atoms with E-state index in [-0.39, 0.29) is 23.6 Å². The van der Waals surface area contributed by atoms with Crippen LogP contribution in [0.2, 0.25) is 0 Å². The fourth-order valence-electron chi connectivity index (χ4n) is 3.76. The maximum atomic E-state index is 13.2. The van der Waals surface area contributed by atoms with E-state index >= 15 is 0 Å². The number of fused-ring (bicyclic) bond motifs is 1. The van der Waals surface area contributed by atoms with Gasteiger partial charge in [0, 0.05) is 6.61 Å². The molecule has 1 N–H and O–H groups in total. The zero-order valence-electron chi connectivity index (χ0n) is 17.8. The Morgan fingerprint density at radius 3 is 2.68 bits per heavy atom. The van der Waals surface area contributed by atoms with Crippen molar-refractivity contribution in [2.75, 3.05) is 6.61 Å². The first-order valence-electron chi connectivity index (χ1n) is 10.7. The SMILES string of the molecule is C[C@H](NC(=O)[C@@H](C)Sc1nc2ccccc2c(=O)n1C[C@@H]1CCCO1)c1ccccc1. The molecule has 1 fully saturated rings. The monoisotopic (exact) mass is 437 g/mol. The summed E-state index contributed by atoms with van der Waals surface area (Å²) in [5.74, 6) is -0.0903. The van der Waals surface area contributed by atoms with Gasteiger partial charge in [-0.1, -0.05) is 54.2 Å². The van der Waals surface area contributed by atoms with E-state index < -0.39 is 5.25 Å². The summed E-state index contributed by atoms with van der Waals surface area (Å²) in [5.41, 5.74) is 1.60. The molecule has 1 amide bonds. The van der Waals surface area contributed by atoms with E-state index in [2.05, 4.69) is 5.32 Å². The second-order valence-electron chi connectivity index (χ2n) is 7.86. The minimum Gasteiger partial charge on any atom is -0.376 e. The number of hydrogen-bond donors (Lipinski definition) is 1. The van der Waals surface area contributed by atoms with Crippen molar-refractivity contribution in [1.82, 2.24) is 14.9 Å². The number of nitrogens with one attached hydrogen (secondary N) is 1. The van der Waals surface area contributed by atoms with Crippen LogP contribution < -0.4 is 10.9 Å². The normalized spacial score (nSPS) is 18.1. The standard InChI is InChI=1S/C24H27N3O3S/c1-16(18-9-4-3-5-10-18)25-22(28)17(2)31-24-26-21-13-7-6-12-20(21)23(29)27(24)15-19-11-8-14-30-19/h3-7,9-10,12-13,16-17,19H,8,11,14-15H2,1-2H3,(H,25,28)/t16-,17+,19-/m0/s1. The lowest BCUT2D eigenvalue weighted by molar-refractivity contribution is -0.120. The van der Waals surface area contributed by atoms with Crippen molar-refractivity contribution in [2.24, 2.45) is 0 Å². The predicted molar refractivity (Wildman–Crippen MR) is 123 cm³/mol. The fourth-order valence-corrected chi connectivity index (χ4v) is 4.69. The molecule has 6 nitrogen and oxygen atoms in total. The van der Waals surface area contributed by atoms with Crippen molar-refractivity contribution in [3.8, 4) is 0 Å². The molecule has 162 valence electrons. The fraction of sp³-hybridized carbons (Fsp3) is 0.375. The number of para-hydroxylation sites is 1. The first-order valence-corrected chi connectivity index (χ1v) is 11.5. The molecular formula is C24H27N3O3S. The summed E-state index contributed by atoms with van der Waals surface area (Å²) in [4.78, 5) is 30.8. The predicted octanol–water partition coefficient (Wildman–Crippen LogP) is 3.93. The Labute approximate surface area is 186 Å². The number of nitrogens with zero attached hydrogens (tertiary/aromatic N) is 2. The first kappa shape index (κ1) is 21.6. The molecule has 3 atom stereocenters. The van der Waals surface area contributed by atoms with Gasteiger partial charge in [-0.05, 0) is 44.4 Å². The first-order chi connectivity index (χ1) is 15.0. The lowest BCUT2D eigenvalue weighted by Crippen LogP contribution is -2.34. The highest BCUT2D eigenvalue weighted by atomic mass is 32.2. The summed E-state index contributed by atoms with van der Waals surface area (Å²) >= 11 is 1.31. The molecule has 0 spiro atoms. The van der Waals surface area contributed by atoms with Gasteiger partial charge in [0.05, 0.1) is 34.8 Å². The summed E-state index contributed by atoms with van der Waals surface area (Å²) in [7, 11) is 0. The van der Waals surface area contributed by atoms with Crippen molar-refractivity contribution in [2.45, 2.75) is 55.8 Å². The Morgan fingerprint density at radius 2 is 1.94 bits per heavy atom. The van der Waals surface area contributed by atoms with E-state index in [0.717, 1.165) is 25.0 Å². The molecule has 0 saturated carbocycles. The van der Waals surface area contributed by atoms with Gasteiger partial charge in [0.2, 0.25) is 5.91 Å². The van der Waals surface area contributed by atoms with Crippen LogP contribution in [0.25, 0.3) is 10.9 Å². The van der Waals surface area contributed by atoms with Crippen LogP contribution in [0, 0.1) is 0 Å². The molecule has 2 aromatic carbocycles. The van der Waals surface area contributed by atoms with Gasteiger partial charge in [-0.15, -0.1) is 0 Å². The Balaban J connectivity index is 1.57. The van der Waals surface area contributed by atoms with Crippen LogP contribution in [-0.2, 0) is 16.1 Å². The van der Waals surface area contributed by atoms with Crippen molar-refractivity contribution in [3.05, 3.63) is 70.5 Å². The highest BCUT2D eigenvalue weighted by Gasteiger charge is 2.24. The van der Waals surface area contributed by atoms with E-state index in [1.165, 1.54) is 11.8 Å². The quantitative estimate of drug-likeness (QED) is 0.448. The van der Waals surface area contributed by atoms with Gasteiger partial charge in [0.25, 0.3) is 5.56 Å². The van der Waals surface area contributed by atoms with E-state index in [1.54, 1.807) is 10.6 Å². The number of ether oxygens (including phenoxy) is 1. The summed E-state index contributed by atoms with van der Waals surface area (Å²) in [6.45, 7) is 4.98. The minimum absolute atomic E-state index is 0.00208. The lowest BCUT2D eigenvalue weighted by atomic mass is 10.1. The van der Waals surface area contributed by atoms with Gasteiger partial charge in [0.1, 0.15) is 0 Å². The summed E-state index contributed by atoms with van der Waals surface area (Å²) in [6, 6.07) is 17.1. The van der Waals surface area contributed by atoms with Crippen LogP contribution in [0.15, 0.2) is 64.5 Å². The van der Waals surface area contributed by atoms with E-state index in [0.29, 0.717) is 22.6 Å². The molecule has 2 heterocycles. The number of amides is 1. The molecular weight excluding hydrogens is 410 g/mol. The number of aromatic nitrogens is 2. The van der Waals surface area contributed by atoms with Crippen molar-refractivity contribution < 1.29 is 9.53 Å². The molecule has 3 aromatic rings. The zero-order chi connectivity index (χ0) is 21.8. The molecule has 0 radical (unpaired) electrons. The summed E-state index contributed by atoms with van der Waals surface area (Å²) in [5, 5.41) is 3.79. The lowest BCUT2D eigenvalue weighted by Gasteiger charge is -2.20. The molecule has 0 bridgehead atoms. The maximum absolute atomic E-state index is 13.2. The third-order valence-corrected chi connectivity index (χ3v) is 6.64. The molecule has 31 heavy (non-hydrogen) atoms. The van der Waals surface area contributed by atoms with E-state index in [9.17, 15) is 9.59 Å². The van der Waals surface area contributed by atoms with Gasteiger partial charge >= 0.3 is 0 Å². The Hall–Kier alpha value is -2.64. The smallest absolute Gasteiger partial charge is 0.262 e. The van der Waals surface area contributed by atoms with Gasteiger partial charge < -0.3 is 10.1 Å². The molecule has 1 aromatic heterocycles. The molecule has 0 aliphatic carbocycles. The number of hydrogen-bond acceptors (Lipinski definition) is 5. The number of carbonyl (C=O) groups excluding carboxylic acids is 1. The molecule has 0 unspecified atom stereocenters. The molecule has 4 rings (SSSR count). The van der Waals surface area contributed by atoms with Crippen LogP contribution >= 0.6 is 11.8 Å². The summed E-state index contributed by atoms with van der Waals surface area (Å²) in [6.07, 6.45) is 1.93. The van der Waals surface area contributed by atoms with Gasteiger partial charge in [0.15, 0.2) is 5.16 Å². The van der Waals surface area contributed by atoms with Crippen molar-refractivity contribution >= 4 is 28.6 Å². The Morgan fingerprint density at radius 1 is 1.19 bits per heavy atom. The van der Waals surface area contributed by atoms with Crippen LogP contribution in [0.1, 0.15) is 38.3 Å². The number of carbonyl (C=O) groups is 1. The Kier molecular flexibility index (Phi) is 6.73. The summed E-state index contributed by atoms with van der Waals surface area (Å²) < 4.78 is 7.43. The van der Waals surface area contributed by atoms with Crippen LogP contribution in [0.4, 0.5) is 0 Å². The number of rotatable bonds is 7. The number of benzene rings is 2. The molecule has 1 aliphatic heterocycles. The van der Waals surface area contributed by atoms with Gasteiger partial charge in [-0.2, -0.15) is 0 Å².